The fourth-order valence-corrected chi connectivity index (χ4v) is 2.44. The van der Waals surface area contributed by atoms with Crippen LogP contribution in [0, 0.1) is 0 Å². The zero-order valence-electron chi connectivity index (χ0n) is 14.0. The van der Waals surface area contributed by atoms with Crippen molar-refractivity contribution in [2.45, 2.75) is 39.2 Å². The normalized spacial score (nSPS) is 10.4. The first-order valence-electron chi connectivity index (χ1n) is 8.34. The van der Waals surface area contributed by atoms with Crippen LogP contribution in [0.15, 0.2) is 48.5 Å². The van der Waals surface area contributed by atoms with Gasteiger partial charge in [0.15, 0.2) is 0 Å². The van der Waals surface area contributed by atoms with Crippen molar-refractivity contribution < 1.29 is 14.3 Å². The maximum Gasteiger partial charge on any atom is 0.338 e. The summed E-state index contributed by atoms with van der Waals surface area (Å²) in [7, 11) is 0. The molecule has 0 aliphatic carbocycles. The van der Waals surface area contributed by atoms with Gasteiger partial charge < -0.3 is 9.47 Å². The van der Waals surface area contributed by atoms with E-state index in [0.717, 1.165) is 17.7 Å². The highest BCUT2D eigenvalue weighted by molar-refractivity contribution is 6.31. The third kappa shape index (κ3) is 5.89. The molecule has 0 heterocycles. The van der Waals surface area contributed by atoms with E-state index in [2.05, 4.69) is 6.92 Å². The summed E-state index contributed by atoms with van der Waals surface area (Å²) in [5, 5.41) is 0.595. The average Bonchev–Trinajstić information content (AvgIpc) is 2.61. The molecule has 128 valence electrons. The van der Waals surface area contributed by atoms with Crippen LogP contribution < -0.4 is 4.74 Å². The molecule has 0 spiro atoms. The van der Waals surface area contributed by atoms with Gasteiger partial charge in [-0.3, -0.25) is 0 Å². The second-order valence-corrected chi connectivity index (χ2v) is 6.01. The van der Waals surface area contributed by atoms with Crippen molar-refractivity contribution in [2.24, 2.45) is 0 Å². The number of benzene rings is 2. The molecule has 0 saturated heterocycles. The molecule has 0 unspecified atom stereocenters. The number of carbonyl (C=O) groups excluding carboxylic acids is 1. The summed E-state index contributed by atoms with van der Waals surface area (Å²) >= 11 is 6.05. The number of hydrogen-bond donors (Lipinski definition) is 0. The third-order valence-electron chi connectivity index (χ3n) is 3.67. The van der Waals surface area contributed by atoms with E-state index in [1.807, 2.05) is 18.2 Å². The van der Waals surface area contributed by atoms with Crippen LogP contribution >= 0.6 is 11.6 Å². The van der Waals surface area contributed by atoms with Crippen molar-refractivity contribution >= 4 is 17.6 Å². The van der Waals surface area contributed by atoms with Gasteiger partial charge in [-0.1, -0.05) is 56.0 Å². The number of halogens is 1. The smallest absolute Gasteiger partial charge is 0.338 e. The molecule has 0 saturated carbocycles. The number of rotatable bonds is 9. The van der Waals surface area contributed by atoms with Crippen molar-refractivity contribution in [1.29, 1.82) is 0 Å². The molecule has 0 amide bonds. The zero-order chi connectivity index (χ0) is 17.2. The van der Waals surface area contributed by atoms with E-state index in [-0.39, 0.29) is 12.6 Å². The topological polar surface area (TPSA) is 35.5 Å². The van der Waals surface area contributed by atoms with Gasteiger partial charge >= 0.3 is 5.97 Å². The van der Waals surface area contributed by atoms with Crippen molar-refractivity contribution in [2.75, 3.05) is 6.61 Å². The minimum Gasteiger partial charge on any atom is -0.494 e. The Hall–Kier alpha value is -2.00. The Labute approximate surface area is 148 Å². The molecule has 3 nitrogen and oxygen atoms in total. The molecule has 0 N–H and O–H groups in total. The highest BCUT2D eigenvalue weighted by Gasteiger charge is 2.09. The number of hydrogen-bond acceptors (Lipinski definition) is 3. The summed E-state index contributed by atoms with van der Waals surface area (Å²) in [5.41, 5.74) is 1.29. The Morgan fingerprint density at radius 1 is 1.00 bits per heavy atom. The van der Waals surface area contributed by atoms with Crippen LogP contribution in [0.4, 0.5) is 0 Å². The van der Waals surface area contributed by atoms with Crippen molar-refractivity contribution in [3.05, 3.63) is 64.7 Å². The van der Waals surface area contributed by atoms with Crippen molar-refractivity contribution in [1.82, 2.24) is 0 Å². The van der Waals surface area contributed by atoms with E-state index in [9.17, 15) is 4.79 Å². The second kappa shape index (κ2) is 9.99. The van der Waals surface area contributed by atoms with Crippen LogP contribution in [0.3, 0.4) is 0 Å². The van der Waals surface area contributed by atoms with Gasteiger partial charge in [-0.15, -0.1) is 0 Å². The highest BCUT2D eigenvalue weighted by Crippen LogP contribution is 2.18. The molecule has 4 heteroatoms. The summed E-state index contributed by atoms with van der Waals surface area (Å²) in [4.78, 5) is 12.1. The average molecular weight is 347 g/mol. The predicted molar refractivity (Wildman–Crippen MR) is 96.7 cm³/mol. The highest BCUT2D eigenvalue weighted by atomic mass is 35.5. The number of carbonyl (C=O) groups is 1. The van der Waals surface area contributed by atoms with Gasteiger partial charge in [0, 0.05) is 10.6 Å². The Bertz CT molecular complexity index is 638. The van der Waals surface area contributed by atoms with E-state index in [1.54, 1.807) is 30.3 Å². The minimum atomic E-state index is -0.371. The SMILES string of the molecule is CCCCCCOc1ccc(C(=O)OCc2ccccc2Cl)cc1. The molecule has 0 fully saturated rings. The van der Waals surface area contributed by atoms with E-state index in [0.29, 0.717) is 17.2 Å². The van der Waals surface area contributed by atoms with Crippen LogP contribution in [0.25, 0.3) is 0 Å². The largest absolute Gasteiger partial charge is 0.494 e. The summed E-state index contributed by atoms with van der Waals surface area (Å²) in [6.07, 6.45) is 4.68. The third-order valence-corrected chi connectivity index (χ3v) is 4.04. The lowest BCUT2D eigenvalue weighted by molar-refractivity contribution is 0.0473. The van der Waals surface area contributed by atoms with Gasteiger partial charge in [0.1, 0.15) is 12.4 Å². The minimum absolute atomic E-state index is 0.161. The summed E-state index contributed by atoms with van der Waals surface area (Å²) in [6, 6.07) is 14.4. The van der Waals surface area contributed by atoms with E-state index >= 15 is 0 Å². The summed E-state index contributed by atoms with van der Waals surface area (Å²) in [5.74, 6) is 0.401. The van der Waals surface area contributed by atoms with E-state index < -0.39 is 0 Å². The van der Waals surface area contributed by atoms with Crippen LogP contribution in [0.5, 0.6) is 5.75 Å². The first-order valence-corrected chi connectivity index (χ1v) is 8.72. The van der Waals surface area contributed by atoms with Gasteiger partial charge in [-0.25, -0.2) is 4.79 Å². The number of unbranched alkanes of at least 4 members (excludes halogenated alkanes) is 3. The molecule has 24 heavy (non-hydrogen) atoms. The molecule has 0 aliphatic rings. The van der Waals surface area contributed by atoms with Gasteiger partial charge in [-0.05, 0) is 36.8 Å². The fourth-order valence-electron chi connectivity index (χ4n) is 2.25. The Kier molecular flexibility index (Phi) is 7.63. The van der Waals surface area contributed by atoms with E-state index in [1.165, 1.54) is 19.3 Å². The molecule has 2 rings (SSSR count). The lowest BCUT2D eigenvalue weighted by Gasteiger charge is -2.08. The fraction of sp³-hybridized carbons (Fsp3) is 0.350. The molecule has 0 aromatic heterocycles. The van der Waals surface area contributed by atoms with Crippen LogP contribution in [0.2, 0.25) is 5.02 Å². The molecule has 0 bridgehead atoms. The molecule has 0 radical (unpaired) electrons. The molecule has 2 aromatic carbocycles. The Balaban J connectivity index is 1.79. The molecule has 0 atom stereocenters. The Morgan fingerprint density at radius 2 is 1.75 bits per heavy atom. The summed E-state index contributed by atoms with van der Waals surface area (Å²) < 4.78 is 11.0. The van der Waals surface area contributed by atoms with Gasteiger partial charge in [0.2, 0.25) is 0 Å². The van der Waals surface area contributed by atoms with Crippen LogP contribution in [-0.4, -0.2) is 12.6 Å². The van der Waals surface area contributed by atoms with E-state index in [4.69, 9.17) is 21.1 Å². The Morgan fingerprint density at radius 3 is 2.46 bits per heavy atom. The van der Waals surface area contributed by atoms with Gasteiger partial charge in [0.05, 0.1) is 12.2 Å². The first kappa shape index (κ1) is 18.3. The van der Waals surface area contributed by atoms with Crippen LogP contribution in [0.1, 0.15) is 48.5 Å². The zero-order valence-corrected chi connectivity index (χ0v) is 14.7. The molecular formula is C20H23ClO3. The maximum atomic E-state index is 12.1. The molecule has 0 aliphatic heterocycles. The standard InChI is InChI=1S/C20H23ClO3/c1-2-3-4-7-14-23-18-12-10-16(11-13-18)20(22)24-15-17-8-5-6-9-19(17)21/h5-6,8-13H,2-4,7,14-15H2,1H3. The predicted octanol–water partition coefficient (Wildman–Crippen LogP) is 5.66. The molecular weight excluding hydrogens is 324 g/mol. The number of esters is 1. The second-order valence-electron chi connectivity index (χ2n) is 5.60. The van der Waals surface area contributed by atoms with Gasteiger partial charge in [-0.2, -0.15) is 0 Å². The number of ether oxygens (including phenoxy) is 2. The van der Waals surface area contributed by atoms with Crippen molar-refractivity contribution in [3.8, 4) is 5.75 Å². The van der Waals surface area contributed by atoms with Crippen molar-refractivity contribution in [3.63, 3.8) is 0 Å². The van der Waals surface area contributed by atoms with Crippen LogP contribution in [-0.2, 0) is 11.3 Å². The first-order chi connectivity index (χ1) is 11.7. The maximum absolute atomic E-state index is 12.1. The quantitative estimate of drug-likeness (QED) is 0.434. The lowest BCUT2D eigenvalue weighted by Crippen LogP contribution is -2.05. The van der Waals surface area contributed by atoms with Gasteiger partial charge in [0.25, 0.3) is 0 Å². The monoisotopic (exact) mass is 346 g/mol. The summed E-state index contributed by atoms with van der Waals surface area (Å²) in [6.45, 7) is 3.05. The lowest BCUT2D eigenvalue weighted by atomic mass is 10.2. The molecule has 2 aromatic rings.